The molecule has 1 aromatic carbocycles. The Morgan fingerprint density at radius 3 is 1.71 bits per heavy atom. The topological polar surface area (TPSA) is 9.23 Å². The van der Waals surface area contributed by atoms with Crippen LogP contribution in [0.4, 0.5) is 13.2 Å². The maximum Gasteiger partial charge on any atom is 0.416 e. The van der Waals surface area contributed by atoms with E-state index in [2.05, 4.69) is 0 Å². The van der Waals surface area contributed by atoms with Crippen LogP contribution in [0.1, 0.15) is 19.4 Å². The Balaban J connectivity index is 0.000000791. The molecule has 14 heavy (non-hydrogen) atoms. The molecule has 1 nitrogen and oxygen atoms in total. The zero-order chi connectivity index (χ0) is 11.2. The van der Waals surface area contributed by atoms with Crippen LogP contribution in [-0.4, -0.2) is 7.11 Å². The molecule has 0 aliphatic heterocycles. The Kier molecular flexibility index (Phi) is 5.05. The van der Waals surface area contributed by atoms with Gasteiger partial charge in [-0.25, -0.2) is 0 Å². The fraction of sp³-hybridized carbons (Fsp3) is 0.400. The molecule has 1 aromatic rings. The van der Waals surface area contributed by atoms with Crippen LogP contribution < -0.4 is 4.74 Å². The molecule has 0 aromatic heterocycles. The molecule has 0 saturated carbocycles. The van der Waals surface area contributed by atoms with Crippen molar-refractivity contribution in [3.8, 4) is 5.75 Å². The second-order valence-corrected chi connectivity index (χ2v) is 2.23. The largest absolute Gasteiger partial charge is 0.497 e. The maximum absolute atomic E-state index is 12.0. The monoisotopic (exact) mass is 206 g/mol. The van der Waals surface area contributed by atoms with Gasteiger partial charge in [0, 0.05) is 0 Å². The van der Waals surface area contributed by atoms with Crippen molar-refractivity contribution >= 4 is 0 Å². The Bertz CT molecular complexity index is 251. The number of alkyl halides is 3. The lowest BCUT2D eigenvalue weighted by atomic mass is 10.2. The van der Waals surface area contributed by atoms with Crippen LogP contribution in [0.25, 0.3) is 0 Å². The van der Waals surface area contributed by atoms with Crippen molar-refractivity contribution in [1.82, 2.24) is 0 Å². The molecule has 0 atom stereocenters. The van der Waals surface area contributed by atoms with Crippen LogP contribution in [0.3, 0.4) is 0 Å². The SMILES string of the molecule is CC.COc1ccc(C(F)(F)F)cc1. The van der Waals surface area contributed by atoms with Crippen LogP contribution in [0.5, 0.6) is 5.75 Å². The van der Waals surface area contributed by atoms with Crippen LogP contribution in [-0.2, 0) is 6.18 Å². The minimum atomic E-state index is -4.27. The Morgan fingerprint density at radius 1 is 1.00 bits per heavy atom. The lowest BCUT2D eigenvalue weighted by Gasteiger charge is -2.06. The molecule has 0 heterocycles. The molecule has 80 valence electrons. The molecule has 0 aliphatic rings. The van der Waals surface area contributed by atoms with Crippen LogP contribution in [0.15, 0.2) is 24.3 Å². The van der Waals surface area contributed by atoms with Crippen molar-refractivity contribution < 1.29 is 17.9 Å². The Labute approximate surface area is 81.5 Å². The molecule has 0 N–H and O–H groups in total. The maximum atomic E-state index is 12.0. The first-order valence-corrected chi connectivity index (χ1v) is 4.25. The van der Waals surface area contributed by atoms with E-state index < -0.39 is 11.7 Å². The predicted octanol–water partition coefficient (Wildman–Crippen LogP) is 3.74. The molecule has 0 bridgehead atoms. The molecule has 0 aliphatic carbocycles. The van der Waals surface area contributed by atoms with Gasteiger partial charge in [0.25, 0.3) is 0 Å². The Morgan fingerprint density at radius 2 is 1.43 bits per heavy atom. The van der Waals surface area contributed by atoms with Crippen LogP contribution >= 0.6 is 0 Å². The molecule has 1 rings (SSSR count). The van der Waals surface area contributed by atoms with Gasteiger partial charge >= 0.3 is 6.18 Å². The van der Waals surface area contributed by atoms with Crippen LogP contribution in [0, 0.1) is 0 Å². The van der Waals surface area contributed by atoms with E-state index in [0.29, 0.717) is 5.75 Å². The van der Waals surface area contributed by atoms with Crippen LogP contribution in [0.2, 0.25) is 0 Å². The third-order valence-corrected chi connectivity index (χ3v) is 1.42. The summed E-state index contributed by atoms with van der Waals surface area (Å²) in [6.45, 7) is 4.00. The molecule has 0 spiro atoms. The van der Waals surface area contributed by atoms with E-state index in [-0.39, 0.29) is 0 Å². The summed E-state index contributed by atoms with van der Waals surface area (Å²) in [5.41, 5.74) is -0.664. The summed E-state index contributed by atoms with van der Waals surface area (Å²) >= 11 is 0. The number of rotatable bonds is 1. The van der Waals surface area contributed by atoms with E-state index in [9.17, 15) is 13.2 Å². The molecule has 0 radical (unpaired) electrons. The predicted molar refractivity (Wildman–Crippen MR) is 49.3 cm³/mol. The van der Waals surface area contributed by atoms with Gasteiger partial charge in [-0.15, -0.1) is 0 Å². The van der Waals surface area contributed by atoms with E-state index >= 15 is 0 Å². The number of halogens is 3. The first-order valence-electron chi connectivity index (χ1n) is 4.25. The summed E-state index contributed by atoms with van der Waals surface area (Å²) in [4.78, 5) is 0. The quantitative estimate of drug-likeness (QED) is 0.680. The molecule has 0 amide bonds. The summed E-state index contributed by atoms with van der Waals surface area (Å²) in [5.74, 6) is 0.419. The summed E-state index contributed by atoms with van der Waals surface area (Å²) in [6, 6.07) is 4.53. The lowest BCUT2D eigenvalue weighted by Crippen LogP contribution is -2.03. The second kappa shape index (κ2) is 5.52. The Hall–Kier alpha value is -1.19. The van der Waals surface area contributed by atoms with Gasteiger partial charge in [0.2, 0.25) is 0 Å². The van der Waals surface area contributed by atoms with E-state index in [4.69, 9.17) is 4.74 Å². The van der Waals surface area contributed by atoms with Crippen molar-refractivity contribution in [3.05, 3.63) is 29.8 Å². The van der Waals surface area contributed by atoms with Gasteiger partial charge in [-0.1, -0.05) is 13.8 Å². The number of methoxy groups -OCH3 is 1. The van der Waals surface area contributed by atoms with Gasteiger partial charge in [-0.2, -0.15) is 13.2 Å². The first kappa shape index (κ1) is 12.8. The van der Waals surface area contributed by atoms with Crippen molar-refractivity contribution in [2.75, 3.05) is 7.11 Å². The summed E-state index contributed by atoms with van der Waals surface area (Å²) in [7, 11) is 1.41. The normalized spacial score (nSPS) is 10.1. The number of hydrogen-bond donors (Lipinski definition) is 0. The highest BCUT2D eigenvalue weighted by Gasteiger charge is 2.29. The number of benzene rings is 1. The summed E-state index contributed by atoms with van der Waals surface area (Å²) in [6.07, 6.45) is -4.27. The van der Waals surface area contributed by atoms with Gasteiger partial charge in [0.1, 0.15) is 5.75 Å². The molecular weight excluding hydrogens is 193 g/mol. The molecular formula is C10H13F3O. The van der Waals surface area contributed by atoms with E-state index in [1.54, 1.807) is 0 Å². The fourth-order valence-electron chi connectivity index (χ4n) is 0.780. The minimum absolute atomic E-state index is 0.419. The highest BCUT2D eigenvalue weighted by molar-refractivity contribution is 5.28. The van der Waals surface area contributed by atoms with E-state index in [1.165, 1.54) is 19.2 Å². The highest BCUT2D eigenvalue weighted by atomic mass is 19.4. The molecule has 0 saturated heterocycles. The average Bonchev–Trinajstić information content (AvgIpc) is 2.20. The standard InChI is InChI=1S/C8H7F3O.C2H6/c1-12-7-4-2-6(3-5-7)8(9,10)11;1-2/h2-5H,1H3;1-2H3. The third-order valence-electron chi connectivity index (χ3n) is 1.42. The van der Waals surface area contributed by atoms with E-state index in [1.807, 2.05) is 13.8 Å². The van der Waals surface area contributed by atoms with E-state index in [0.717, 1.165) is 12.1 Å². The van der Waals surface area contributed by atoms with Crippen molar-refractivity contribution in [1.29, 1.82) is 0 Å². The number of hydrogen-bond acceptors (Lipinski definition) is 1. The van der Waals surface area contributed by atoms with Gasteiger partial charge in [-0.05, 0) is 24.3 Å². The van der Waals surface area contributed by atoms with Gasteiger partial charge in [0.05, 0.1) is 12.7 Å². The average molecular weight is 206 g/mol. The molecule has 0 unspecified atom stereocenters. The smallest absolute Gasteiger partial charge is 0.416 e. The van der Waals surface area contributed by atoms with Crippen molar-refractivity contribution in [3.63, 3.8) is 0 Å². The highest BCUT2D eigenvalue weighted by Crippen LogP contribution is 2.29. The fourth-order valence-corrected chi connectivity index (χ4v) is 0.780. The first-order chi connectivity index (χ1) is 6.54. The third kappa shape index (κ3) is 3.68. The van der Waals surface area contributed by atoms with Crippen molar-refractivity contribution in [2.45, 2.75) is 20.0 Å². The summed E-state index contributed by atoms with van der Waals surface area (Å²) < 4.78 is 40.7. The zero-order valence-electron chi connectivity index (χ0n) is 8.35. The summed E-state index contributed by atoms with van der Waals surface area (Å²) in [5, 5.41) is 0. The van der Waals surface area contributed by atoms with Crippen molar-refractivity contribution in [2.24, 2.45) is 0 Å². The number of ether oxygens (including phenoxy) is 1. The second-order valence-electron chi connectivity index (χ2n) is 2.23. The molecule has 4 heteroatoms. The van der Waals surface area contributed by atoms with Gasteiger partial charge in [-0.3, -0.25) is 0 Å². The minimum Gasteiger partial charge on any atom is -0.497 e. The zero-order valence-corrected chi connectivity index (χ0v) is 8.35. The molecule has 0 fully saturated rings. The van der Waals surface area contributed by atoms with Gasteiger partial charge in [0.15, 0.2) is 0 Å². The van der Waals surface area contributed by atoms with Gasteiger partial charge < -0.3 is 4.74 Å². The lowest BCUT2D eigenvalue weighted by molar-refractivity contribution is -0.137.